The van der Waals surface area contributed by atoms with Gasteiger partial charge in [-0.25, -0.2) is 0 Å². The van der Waals surface area contributed by atoms with Gasteiger partial charge in [-0.05, 0) is 64.3 Å². The maximum atomic E-state index is 13.6. The second-order valence-corrected chi connectivity index (χ2v) is 10.2. The normalized spacial score (nSPS) is 16.1. The van der Waals surface area contributed by atoms with Gasteiger partial charge < -0.3 is 19.9 Å². The van der Waals surface area contributed by atoms with Crippen LogP contribution in [0, 0.1) is 11.8 Å². The molecule has 2 aliphatic heterocycles. The van der Waals surface area contributed by atoms with Gasteiger partial charge in [-0.3, -0.25) is 18.7 Å². The number of nitrogens with one attached hydrogen (secondary N) is 1. The zero-order chi connectivity index (χ0) is 27.2. The molecule has 10 nitrogen and oxygen atoms in total. The number of piperidine rings is 2. The molecule has 3 aromatic rings. The zero-order valence-corrected chi connectivity index (χ0v) is 22.9. The number of amides is 1. The molecule has 2 saturated heterocycles. The maximum absolute atomic E-state index is 13.6. The lowest BCUT2D eigenvalue weighted by molar-refractivity contribution is 0.0944. The molecule has 4 heterocycles. The SMILES string of the molecule is CC#CCn1c(N2CCCCC2)nc2nc(Oc3ccccc3C(=O)NCCN3CCCCC3)n(C)c(=O)c21. The van der Waals surface area contributed by atoms with Crippen molar-refractivity contribution in [1.29, 1.82) is 0 Å². The molecule has 0 unspecified atom stereocenters. The largest absolute Gasteiger partial charge is 0.425 e. The van der Waals surface area contributed by atoms with E-state index in [-0.39, 0.29) is 17.5 Å². The number of hydrogen-bond acceptors (Lipinski definition) is 7. The van der Waals surface area contributed by atoms with Gasteiger partial charge in [0.15, 0.2) is 11.2 Å². The summed E-state index contributed by atoms with van der Waals surface area (Å²) in [5.41, 5.74) is 0.835. The van der Waals surface area contributed by atoms with E-state index in [1.54, 1.807) is 38.2 Å². The van der Waals surface area contributed by atoms with Gasteiger partial charge >= 0.3 is 6.01 Å². The Morgan fingerprint density at radius 2 is 1.74 bits per heavy atom. The number of aromatic nitrogens is 4. The lowest BCUT2D eigenvalue weighted by Gasteiger charge is -2.27. The summed E-state index contributed by atoms with van der Waals surface area (Å²) in [6, 6.07) is 7.10. The summed E-state index contributed by atoms with van der Waals surface area (Å²) >= 11 is 0. The van der Waals surface area contributed by atoms with Crippen LogP contribution in [-0.2, 0) is 13.6 Å². The summed E-state index contributed by atoms with van der Waals surface area (Å²) in [6.45, 7) is 7.45. The number of para-hydroxylation sites is 1. The number of likely N-dealkylation sites (tertiary alicyclic amines) is 1. The van der Waals surface area contributed by atoms with Crippen molar-refractivity contribution in [1.82, 2.24) is 29.3 Å². The molecule has 1 amide bonds. The molecular formula is C29H37N7O3. The Morgan fingerprint density at radius 1 is 1.03 bits per heavy atom. The van der Waals surface area contributed by atoms with E-state index in [1.807, 2.05) is 4.57 Å². The Labute approximate surface area is 229 Å². The smallest absolute Gasteiger partial charge is 0.306 e. The molecule has 39 heavy (non-hydrogen) atoms. The van der Waals surface area contributed by atoms with Crippen molar-refractivity contribution >= 4 is 23.0 Å². The second-order valence-electron chi connectivity index (χ2n) is 10.2. The van der Waals surface area contributed by atoms with Crippen LogP contribution >= 0.6 is 0 Å². The topological polar surface area (TPSA) is 97.5 Å². The Bertz CT molecular complexity index is 1440. The number of rotatable bonds is 8. The fourth-order valence-corrected chi connectivity index (χ4v) is 5.31. The quantitative estimate of drug-likeness (QED) is 0.446. The zero-order valence-electron chi connectivity index (χ0n) is 22.9. The van der Waals surface area contributed by atoms with Gasteiger partial charge in [-0.15, -0.1) is 5.92 Å². The summed E-state index contributed by atoms with van der Waals surface area (Å²) in [4.78, 5) is 40.6. The van der Waals surface area contributed by atoms with Crippen LogP contribution in [0.3, 0.4) is 0 Å². The molecule has 206 valence electrons. The molecule has 1 aromatic carbocycles. The van der Waals surface area contributed by atoms with Gasteiger partial charge in [-0.1, -0.05) is 24.5 Å². The highest BCUT2D eigenvalue weighted by Gasteiger charge is 2.24. The standard InChI is InChI=1S/C29H37N7O3/c1-3-4-20-36-24-25(31-28(36)35-18-11-6-12-19-35)32-29(33(2)27(24)38)39-23-14-8-7-13-22(23)26(37)30-15-21-34-16-9-5-10-17-34/h7-8,13-14H,5-6,9-12,15-21H2,1-2H3,(H,30,37). The summed E-state index contributed by atoms with van der Waals surface area (Å²) in [5, 5.41) is 3.01. The Balaban J connectivity index is 1.41. The molecule has 2 aliphatic rings. The molecule has 0 bridgehead atoms. The van der Waals surface area contributed by atoms with Crippen molar-refractivity contribution < 1.29 is 9.53 Å². The number of imidazole rings is 1. The first-order valence-electron chi connectivity index (χ1n) is 14.0. The number of carbonyl (C=O) groups is 1. The van der Waals surface area contributed by atoms with E-state index in [1.165, 1.54) is 30.3 Å². The van der Waals surface area contributed by atoms with Crippen molar-refractivity contribution in [3.05, 3.63) is 40.2 Å². The first kappa shape index (κ1) is 26.8. The van der Waals surface area contributed by atoms with E-state index < -0.39 is 0 Å². The van der Waals surface area contributed by atoms with E-state index in [4.69, 9.17) is 9.72 Å². The highest BCUT2D eigenvalue weighted by atomic mass is 16.5. The molecule has 0 radical (unpaired) electrons. The minimum Gasteiger partial charge on any atom is -0.425 e. The van der Waals surface area contributed by atoms with Crippen LogP contribution in [0.1, 0.15) is 55.8 Å². The van der Waals surface area contributed by atoms with Crippen molar-refractivity contribution in [2.24, 2.45) is 7.05 Å². The Hall–Kier alpha value is -3.84. The van der Waals surface area contributed by atoms with Crippen molar-refractivity contribution in [2.75, 3.05) is 44.2 Å². The molecule has 5 rings (SSSR count). The Morgan fingerprint density at radius 3 is 2.49 bits per heavy atom. The first-order valence-corrected chi connectivity index (χ1v) is 14.0. The van der Waals surface area contributed by atoms with Gasteiger partial charge in [0.2, 0.25) is 5.95 Å². The minimum absolute atomic E-state index is 0.0810. The summed E-state index contributed by atoms with van der Waals surface area (Å²) in [7, 11) is 1.62. The molecule has 2 fully saturated rings. The van der Waals surface area contributed by atoms with Crippen molar-refractivity contribution in [3.63, 3.8) is 0 Å². The van der Waals surface area contributed by atoms with Gasteiger partial charge in [0, 0.05) is 33.2 Å². The van der Waals surface area contributed by atoms with Gasteiger partial charge in [0.05, 0.1) is 12.1 Å². The average molecular weight is 532 g/mol. The summed E-state index contributed by atoms with van der Waals surface area (Å²) in [5.74, 6) is 6.82. The third-order valence-corrected chi connectivity index (χ3v) is 7.47. The van der Waals surface area contributed by atoms with Crippen molar-refractivity contribution in [3.8, 4) is 23.6 Å². The minimum atomic E-state index is -0.271. The first-order chi connectivity index (χ1) is 19.1. The lowest BCUT2D eigenvalue weighted by Crippen LogP contribution is -2.37. The number of anilines is 1. The predicted molar refractivity (Wildman–Crippen MR) is 151 cm³/mol. The number of hydrogen-bond donors (Lipinski definition) is 1. The molecule has 0 saturated carbocycles. The molecular weight excluding hydrogens is 494 g/mol. The maximum Gasteiger partial charge on any atom is 0.306 e. The van der Waals surface area contributed by atoms with Crippen LogP contribution in [0.25, 0.3) is 11.2 Å². The number of carbonyl (C=O) groups excluding carboxylic acids is 1. The van der Waals surface area contributed by atoms with E-state index >= 15 is 0 Å². The monoisotopic (exact) mass is 531 g/mol. The molecule has 0 spiro atoms. The molecule has 2 aromatic heterocycles. The number of fused-ring (bicyclic) bond motifs is 1. The summed E-state index contributed by atoms with van der Waals surface area (Å²) in [6.07, 6.45) is 7.06. The second kappa shape index (κ2) is 12.3. The van der Waals surface area contributed by atoms with Crippen LogP contribution in [0.5, 0.6) is 11.8 Å². The Kier molecular flexibility index (Phi) is 8.47. The molecule has 0 atom stereocenters. The van der Waals surface area contributed by atoms with E-state index in [2.05, 4.69) is 31.9 Å². The average Bonchev–Trinajstić information content (AvgIpc) is 3.34. The van der Waals surface area contributed by atoms with E-state index in [9.17, 15) is 9.59 Å². The number of benzene rings is 1. The van der Waals surface area contributed by atoms with Crippen LogP contribution in [0.15, 0.2) is 29.1 Å². The fraction of sp³-hybridized carbons (Fsp3) is 0.517. The van der Waals surface area contributed by atoms with Crippen LogP contribution in [0.4, 0.5) is 5.95 Å². The van der Waals surface area contributed by atoms with Crippen LogP contribution in [-0.4, -0.2) is 69.2 Å². The third-order valence-electron chi connectivity index (χ3n) is 7.47. The van der Waals surface area contributed by atoms with Gasteiger partial charge in [0.25, 0.3) is 11.5 Å². The van der Waals surface area contributed by atoms with E-state index in [0.29, 0.717) is 41.5 Å². The third kappa shape index (κ3) is 5.93. The highest BCUT2D eigenvalue weighted by molar-refractivity contribution is 5.97. The number of nitrogens with zero attached hydrogens (tertiary/aromatic N) is 6. The van der Waals surface area contributed by atoms with Gasteiger partial charge in [-0.2, -0.15) is 9.97 Å². The van der Waals surface area contributed by atoms with Crippen molar-refractivity contribution in [2.45, 2.75) is 52.0 Å². The molecule has 10 heteroatoms. The van der Waals surface area contributed by atoms with Crippen LogP contribution < -0.4 is 20.5 Å². The number of ether oxygens (including phenoxy) is 1. The predicted octanol–water partition coefficient (Wildman–Crippen LogP) is 3.15. The summed E-state index contributed by atoms with van der Waals surface area (Å²) < 4.78 is 9.34. The highest BCUT2D eigenvalue weighted by Crippen LogP contribution is 2.27. The lowest BCUT2D eigenvalue weighted by atomic mass is 10.1. The molecule has 0 aliphatic carbocycles. The van der Waals surface area contributed by atoms with Gasteiger partial charge in [0.1, 0.15) is 5.75 Å². The molecule has 1 N–H and O–H groups in total. The van der Waals surface area contributed by atoms with E-state index in [0.717, 1.165) is 45.6 Å². The fourth-order valence-electron chi connectivity index (χ4n) is 5.31. The van der Waals surface area contributed by atoms with Crippen LogP contribution in [0.2, 0.25) is 0 Å².